The second-order valence-electron chi connectivity index (χ2n) is 2.66. The minimum absolute atomic E-state index is 0.0742. The molecule has 1 N–H and O–H groups in total. The predicted octanol–water partition coefficient (Wildman–Crippen LogP) is 1.73. The average molecular weight is 172 g/mol. The zero-order valence-electron chi connectivity index (χ0n) is 8.55. The maximum absolute atomic E-state index is 7.76. The van der Waals surface area contributed by atoms with Gasteiger partial charge in [0.05, 0.1) is 0 Å². The molecule has 0 rings (SSSR count). The minimum atomic E-state index is -0.0742. The van der Waals surface area contributed by atoms with Gasteiger partial charge in [0.1, 0.15) is 11.9 Å². The second-order valence-corrected chi connectivity index (χ2v) is 2.66. The molecule has 0 saturated heterocycles. The molecule has 0 aromatic heterocycles. The average Bonchev–Trinajstić information content (AvgIpc) is 2.07. The zero-order chi connectivity index (χ0) is 9.56. The molecule has 0 spiro atoms. The molecule has 0 saturated carbocycles. The van der Waals surface area contributed by atoms with Gasteiger partial charge in [-0.25, -0.2) is 0 Å². The van der Waals surface area contributed by atoms with Crippen LogP contribution >= 0.6 is 0 Å². The van der Waals surface area contributed by atoms with Gasteiger partial charge in [0, 0.05) is 19.7 Å². The van der Waals surface area contributed by atoms with E-state index < -0.39 is 0 Å². The number of likely N-dealkylation sites (N-methyl/N-ethyl adjacent to an activating group) is 1. The van der Waals surface area contributed by atoms with Crippen LogP contribution in [0.25, 0.3) is 0 Å². The van der Waals surface area contributed by atoms with Crippen molar-refractivity contribution in [2.24, 2.45) is 0 Å². The summed E-state index contributed by atoms with van der Waals surface area (Å²) in [6, 6.07) is 0. The summed E-state index contributed by atoms with van der Waals surface area (Å²) in [4.78, 5) is 2.00. The lowest BCUT2D eigenvalue weighted by atomic mass is 10.3. The Kier molecular flexibility index (Phi) is 5.72. The summed E-state index contributed by atoms with van der Waals surface area (Å²) >= 11 is 0. The van der Waals surface area contributed by atoms with Crippen LogP contribution in [0.15, 0.2) is 0 Å². The van der Waals surface area contributed by atoms with Gasteiger partial charge in [0.2, 0.25) is 0 Å². The van der Waals surface area contributed by atoms with Crippen molar-refractivity contribution in [1.29, 1.82) is 5.41 Å². The molecule has 3 heteroatoms. The van der Waals surface area contributed by atoms with Crippen molar-refractivity contribution in [3.05, 3.63) is 0 Å². The van der Waals surface area contributed by atoms with Crippen molar-refractivity contribution in [1.82, 2.24) is 4.90 Å². The van der Waals surface area contributed by atoms with Crippen LogP contribution in [0.1, 0.15) is 27.7 Å². The molecule has 0 fully saturated rings. The highest BCUT2D eigenvalue weighted by atomic mass is 16.5. The van der Waals surface area contributed by atoms with Gasteiger partial charge in [0.25, 0.3) is 0 Å². The van der Waals surface area contributed by atoms with Crippen molar-refractivity contribution >= 4 is 5.84 Å². The van der Waals surface area contributed by atoms with Gasteiger partial charge in [-0.15, -0.1) is 0 Å². The number of hydrogen-bond donors (Lipinski definition) is 1. The Labute approximate surface area is 75.2 Å². The van der Waals surface area contributed by atoms with Crippen LogP contribution in [0.5, 0.6) is 0 Å². The summed E-state index contributed by atoms with van der Waals surface area (Å²) in [5.41, 5.74) is 0. The fourth-order valence-electron chi connectivity index (χ4n) is 1.15. The smallest absolute Gasteiger partial charge is 0.125 e. The van der Waals surface area contributed by atoms with E-state index in [0.29, 0.717) is 12.4 Å². The molecule has 0 aliphatic carbocycles. The lowest BCUT2D eigenvalue weighted by Gasteiger charge is -2.25. The molecule has 12 heavy (non-hydrogen) atoms. The predicted molar refractivity (Wildman–Crippen MR) is 51.7 cm³/mol. The summed E-state index contributed by atoms with van der Waals surface area (Å²) < 4.78 is 5.32. The van der Waals surface area contributed by atoms with Gasteiger partial charge >= 0.3 is 0 Å². The molecule has 0 heterocycles. The summed E-state index contributed by atoms with van der Waals surface area (Å²) in [5.74, 6) is 0.585. The van der Waals surface area contributed by atoms with E-state index in [1.54, 1.807) is 0 Å². The molecule has 0 aliphatic heterocycles. The van der Waals surface area contributed by atoms with Gasteiger partial charge in [-0.05, 0) is 27.7 Å². The highest BCUT2D eigenvalue weighted by Crippen LogP contribution is 1.98. The Bertz CT molecular complexity index is 132. The molecular weight excluding hydrogens is 152 g/mol. The van der Waals surface area contributed by atoms with Crippen LogP contribution in [0.4, 0.5) is 0 Å². The SMILES string of the molecule is CCOC(C)C(=N)N(CC)CC. The maximum Gasteiger partial charge on any atom is 0.125 e. The molecule has 1 atom stereocenters. The van der Waals surface area contributed by atoms with Gasteiger partial charge in [0.15, 0.2) is 0 Å². The normalized spacial score (nSPS) is 12.7. The largest absolute Gasteiger partial charge is 0.371 e. The van der Waals surface area contributed by atoms with Crippen LogP contribution in [0, 0.1) is 5.41 Å². The van der Waals surface area contributed by atoms with E-state index in [9.17, 15) is 0 Å². The lowest BCUT2D eigenvalue weighted by molar-refractivity contribution is 0.112. The molecule has 0 aromatic rings. The van der Waals surface area contributed by atoms with Gasteiger partial charge in [-0.2, -0.15) is 0 Å². The monoisotopic (exact) mass is 172 g/mol. The molecular formula is C9H20N2O. The van der Waals surface area contributed by atoms with Crippen molar-refractivity contribution in [3.8, 4) is 0 Å². The van der Waals surface area contributed by atoms with Crippen LogP contribution < -0.4 is 0 Å². The minimum Gasteiger partial charge on any atom is -0.371 e. The van der Waals surface area contributed by atoms with Crippen molar-refractivity contribution in [3.63, 3.8) is 0 Å². The first-order valence-corrected chi connectivity index (χ1v) is 4.62. The van der Waals surface area contributed by atoms with E-state index in [0.717, 1.165) is 13.1 Å². The van der Waals surface area contributed by atoms with Crippen LogP contribution in [-0.2, 0) is 4.74 Å². The van der Waals surface area contributed by atoms with Crippen LogP contribution in [0.2, 0.25) is 0 Å². The third-order valence-electron chi connectivity index (χ3n) is 1.91. The molecule has 1 unspecified atom stereocenters. The summed E-state index contributed by atoms with van der Waals surface area (Å²) in [7, 11) is 0. The highest BCUT2D eigenvalue weighted by Gasteiger charge is 2.13. The van der Waals surface area contributed by atoms with Gasteiger partial charge < -0.3 is 9.64 Å². The Morgan fingerprint density at radius 3 is 2.17 bits per heavy atom. The topological polar surface area (TPSA) is 36.3 Å². The quantitative estimate of drug-likeness (QED) is 0.506. The number of ether oxygens (including phenoxy) is 1. The number of amidine groups is 1. The van der Waals surface area contributed by atoms with E-state index in [-0.39, 0.29) is 6.10 Å². The van der Waals surface area contributed by atoms with Crippen LogP contribution in [-0.4, -0.2) is 36.5 Å². The molecule has 0 aromatic carbocycles. The maximum atomic E-state index is 7.76. The van der Waals surface area contributed by atoms with Crippen molar-refractivity contribution in [2.45, 2.75) is 33.8 Å². The van der Waals surface area contributed by atoms with E-state index in [1.165, 1.54) is 0 Å². The first-order chi connectivity index (χ1) is 5.67. The molecule has 0 bridgehead atoms. The zero-order valence-corrected chi connectivity index (χ0v) is 8.55. The van der Waals surface area contributed by atoms with Crippen LogP contribution in [0.3, 0.4) is 0 Å². The first-order valence-electron chi connectivity index (χ1n) is 4.62. The number of rotatable bonds is 5. The molecule has 3 nitrogen and oxygen atoms in total. The van der Waals surface area contributed by atoms with E-state index >= 15 is 0 Å². The van der Waals surface area contributed by atoms with Gasteiger partial charge in [-0.1, -0.05) is 0 Å². The third-order valence-corrected chi connectivity index (χ3v) is 1.91. The molecule has 0 radical (unpaired) electrons. The Morgan fingerprint density at radius 1 is 1.33 bits per heavy atom. The summed E-state index contributed by atoms with van der Waals surface area (Å²) in [6.07, 6.45) is -0.0742. The molecule has 72 valence electrons. The third kappa shape index (κ3) is 3.22. The van der Waals surface area contributed by atoms with E-state index in [4.69, 9.17) is 10.1 Å². The fraction of sp³-hybridized carbons (Fsp3) is 0.889. The summed E-state index contributed by atoms with van der Waals surface area (Å²) in [6.45, 7) is 10.4. The number of nitrogens with one attached hydrogen (secondary N) is 1. The second kappa shape index (κ2) is 6.00. The number of nitrogens with zero attached hydrogens (tertiary/aromatic N) is 1. The molecule has 0 aliphatic rings. The van der Waals surface area contributed by atoms with E-state index in [2.05, 4.69) is 13.8 Å². The Balaban J connectivity index is 3.97. The highest BCUT2D eigenvalue weighted by molar-refractivity contribution is 5.83. The number of hydrogen-bond acceptors (Lipinski definition) is 2. The standard InChI is InChI=1S/C9H20N2O/c1-5-11(6-2)9(10)8(4)12-7-3/h8,10H,5-7H2,1-4H3. The lowest BCUT2D eigenvalue weighted by Crippen LogP contribution is -2.38. The van der Waals surface area contributed by atoms with Gasteiger partial charge in [-0.3, -0.25) is 5.41 Å². The van der Waals surface area contributed by atoms with Crippen molar-refractivity contribution < 1.29 is 4.74 Å². The van der Waals surface area contributed by atoms with E-state index in [1.807, 2.05) is 18.7 Å². The Hall–Kier alpha value is -0.570. The first kappa shape index (κ1) is 11.4. The molecule has 0 amide bonds. The fourth-order valence-corrected chi connectivity index (χ4v) is 1.15. The Morgan fingerprint density at radius 2 is 1.83 bits per heavy atom. The summed E-state index contributed by atoms with van der Waals surface area (Å²) in [5, 5.41) is 7.76. The van der Waals surface area contributed by atoms with Crippen molar-refractivity contribution in [2.75, 3.05) is 19.7 Å².